The van der Waals surface area contributed by atoms with Crippen LogP contribution in [0.15, 0.2) is 66.7 Å². The van der Waals surface area contributed by atoms with Crippen LogP contribution in [0.5, 0.6) is 0 Å². The van der Waals surface area contributed by atoms with Gasteiger partial charge in [-0.05, 0) is 66.4 Å². The Morgan fingerprint density at radius 1 is 0.806 bits per heavy atom. The molecular weight excluding hydrogens is 400 g/mol. The molecule has 0 fully saturated rings. The van der Waals surface area contributed by atoms with E-state index >= 15 is 0 Å². The Balaban J connectivity index is 1.47. The monoisotopic (exact) mass is 423 g/mol. The summed E-state index contributed by atoms with van der Waals surface area (Å²) in [4.78, 5) is 24.3. The van der Waals surface area contributed by atoms with Crippen molar-refractivity contribution in [3.63, 3.8) is 0 Å². The van der Waals surface area contributed by atoms with Gasteiger partial charge in [0.2, 0.25) is 5.91 Å². The molecule has 0 aliphatic heterocycles. The standard InChI is InChI=1S/C24H23F2N3O2/c1-16-4-2-6-19(12-16)28-24(31)29-20-7-3-5-18(13-20)15-27-23(30)11-9-17-8-10-21(25)22(26)14-17/h2-8,10,12-14H,9,11,15H2,1H3,(H,27,30)(H2,28,29,31). The van der Waals surface area contributed by atoms with Gasteiger partial charge in [-0.25, -0.2) is 13.6 Å². The highest BCUT2D eigenvalue weighted by Crippen LogP contribution is 2.14. The van der Waals surface area contributed by atoms with Crippen LogP contribution in [0.2, 0.25) is 0 Å². The Kier molecular flexibility index (Phi) is 7.32. The molecule has 0 spiro atoms. The molecule has 0 unspecified atom stereocenters. The molecular formula is C24H23F2N3O2. The fraction of sp³-hybridized carbons (Fsp3) is 0.167. The van der Waals surface area contributed by atoms with E-state index in [0.29, 0.717) is 23.4 Å². The van der Waals surface area contributed by atoms with Gasteiger partial charge in [-0.1, -0.05) is 30.3 Å². The van der Waals surface area contributed by atoms with Gasteiger partial charge in [0.05, 0.1) is 0 Å². The van der Waals surface area contributed by atoms with Gasteiger partial charge in [0.25, 0.3) is 0 Å². The summed E-state index contributed by atoms with van der Waals surface area (Å²) in [6.07, 6.45) is 0.464. The summed E-state index contributed by atoms with van der Waals surface area (Å²) in [6, 6.07) is 17.9. The minimum Gasteiger partial charge on any atom is -0.352 e. The maximum atomic E-state index is 13.2. The molecule has 0 bridgehead atoms. The second-order valence-electron chi connectivity index (χ2n) is 7.17. The van der Waals surface area contributed by atoms with Crippen LogP contribution in [0.4, 0.5) is 25.0 Å². The quantitative estimate of drug-likeness (QED) is 0.491. The van der Waals surface area contributed by atoms with Crippen molar-refractivity contribution in [2.24, 2.45) is 0 Å². The van der Waals surface area contributed by atoms with Crippen LogP contribution in [0.3, 0.4) is 0 Å². The summed E-state index contributed by atoms with van der Waals surface area (Å²) < 4.78 is 26.2. The van der Waals surface area contributed by atoms with Crippen molar-refractivity contribution in [1.82, 2.24) is 5.32 Å². The van der Waals surface area contributed by atoms with E-state index in [2.05, 4.69) is 16.0 Å². The maximum Gasteiger partial charge on any atom is 0.323 e. The molecule has 0 aliphatic carbocycles. The highest BCUT2D eigenvalue weighted by atomic mass is 19.2. The third kappa shape index (κ3) is 6.92. The van der Waals surface area contributed by atoms with Crippen LogP contribution in [-0.2, 0) is 17.8 Å². The maximum absolute atomic E-state index is 13.2. The first-order chi connectivity index (χ1) is 14.9. The van der Waals surface area contributed by atoms with Crippen molar-refractivity contribution in [1.29, 1.82) is 0 Å². The normalized spacial score (nSPS) is 10.4. The fourth-order valence-corrected chi connectivity index (χ4v) is 3.02. The largest absolute Gasteiger partial charge is 0.352 e. The highest BCUT2D eigenvalue weighted by molar-refractivity contribution is 5.99. The predicted octanol–water partition coefficient (Wildman–Crippen LogP) is 5.17. The van der Waals surface area contributed by atoms with E-state index in [-0.39, 0.29) is 24.9 Å². The van der Waals surface area contributed by atoms with Crippen molar-refractivity contribution in [2.45, 2.75) is 26.3 Å². The molecule has 0 saturated heterocycles. The summed E-state index contributed by atoms with van der Waals surface area (Å²) in [5.74, 6) is -2.04. The van der Waals surface area contributed by atoms with E-state index in [1.807, 2.05) is 31.2 Å². The first kappa shape index (κ1) is 22.0. The van der Waals surface area contributed by atoms with Gasteiger partial charge < -0.3 is 16.0 Å². The van der Waals surface area contributed by atoms with Crippen LogP contribution < -0.4 is 16.0 Å². The van der Waals surface area contributed by atoms with Gasteiger partial charge in [-0.2, -0.15) is 0 Å². The number of carbonyl (C=O) groups is 2. The first-order valence-electron chi connectivity index (χ1n) is 9.83. The minimum absolute atomic E-state index is 0.155. The number of benzene rings is 3. The zero-order valence-electron chi connectivity index (χ0n) is 17.0. The number of anilines is 2. The molecule has 0 radical (unpaired) electrons. The predicted molar refractivity (Wildman–Crippen MR) is 117 cm³/mol. The Morgan fingerprint density at radius 3 is 2.23 bits per heavy atom. The number of hydrogen-bond acceptors (Lipinski definition) is 2. The fourth-order valence-electron chi connectivity index (χ4n) is 3.02. The van der Waals surface area contributed by atoms with E-state index in [9.17, 15) is 18.4 Å². The molecule has 0 atom stereocenters. The minimum atomic E-state index is -0.923. The van der Waals surface area contributed by atoms with Crippen LogP contribution in [0.1, 0.15) is 23.1 Å². The lowest BCUT2D eigenvalue weighted by atomic mass is 10.1. The summed E-state index contributed by atoms with van der Waals surface area (Å²) in [5, 5.41) is 8.32. The number of nitrogens with one attached hydrogen (secondary N) is 3. The molecule has 160 valence electrons. The molecule has 7 heteroatoms. The number of aryl methyl sites for hydroxylation is 2. The smallest absolute Gasteiger partial charge is 0.323 e. The van der Waals surface area contributed by atoms with Crippen molar-refractivity contribution >= 4 is 23.3 Å². The molecule has 3 N–H and O–H groups in total. The molecule has 0 saturated carbocycles. The molecule has 0 heterocycles. The van der Waals surface area contributed by atoms with E-state index in [4.69, 9.17) is 0 Å². The van der Waals surface area contributed by atoms with Crippen molar-refractivity contribution in [3.05, 3.63) is 95.1 Å². The zero-order valence-corrected chi connectivity index (χ0v) is 17.0. The van der Waals surface area contributed by atoms with Crippen LogP contribution in [-0.4, -0.2) is 11.9 Å². The lowest BCUT2D eigenvalue weighted by Gasteiger charge is -2.10. The SMILES string of the molecule is Cc1cccc(NC(=O)Nc2cccc(CNC(=O)CCc3ccc(F)c(F)c3)c2)c1. The molecule has 31 heavy (non-hydrogen) atoms. The average Bonchev–Trinajstić information content (AvgIpc) is 2.73. The van der Waals surface area contributed by atoms with E-state index in [0.717, 1.165) is 23.3 Å². The lowest BCUT2D eigenvalue weighted by Crippen LogP contribution is -2.23. The summed E-state index contributed by atoms with van der Waals surface area (Å²) in [7, 11) is 0. The molecule has 3 aromatic rings. The number of carbonyl (C=O) groups excluding carboxylic acids is 2. The Labute approximate surface area is 179 Å². The van der Waals surface area contributed by atoms with Crippen molar-refractivity contribution < 1.29 is 18.4 Å². The second kappa shape index (κ2) is 10.3. The van der Waals surface area contributed by atoms with Gasteiger partial charge in [0, 0.05) is 24.3 Å². The van der Waals surface area contributed by atoms with Gasteiger partial charge in [0.15, 0.2) is 11.6 Å². The van der Waals surface area contributed by atoms with Crippen LogP contribution in [0.25, 0.3) is 0 Å². The molecule has 0 aliphatic rings. The van der Waals surface area contributed by atoms with Crippen LogP contribution >= 0.6 is 0 Å². The number of rotatable bonds is 7. The lowest BCUT2D eigenvalue weighted by molar-refractivity contribution is -0.121. The topological polar surface area (TPSA) is 70.2 Å². The Hall–Kier alpha value is -3.74. The van der Waals surface area contributed by atoms with Gasteiger partial charge in [-0.3, -0.25) is 4.79 Å². The number of amides is 3. The summed E-state index contributed by atoms with van der Waals surface area (Å²) in [5.41, 5.74) is 3.70. The molecule has 5 nitrogen and oxygen atoms in total. The molecule has 3 aromatic carbocycles. The summed E-state index contributed by atoms with van der Waals surface area (Å²) in [6.45, 7) is 2.23. The first-order valence-corrected chi connectivity index (χ1v) is 9.83. The van der Waals surface area contributed by atoms with Crippen LogP contribution in [0, 0.1) is 18.6 Å². The second-order valence-corrected chi connectivity index (χ2v) is 7.17. The average molecular weight is 423 g/mol. The van der Waals surface area contributed by atoms with Gasteiger partial charge in [0.1, 0.15) is 0 Å². The number of halogens is 2. The van der Waals surface area contributed by atoms with E-state index in [1.54, 1.807) is 24.3 Å². The highest BCUT2D eigenvalue weighted by Gasteiger charge is 2.07. The van der Waals surface area contributed by atoms with E-state index in [1.165, 1.54) is 6.07 Å². The summed E-state index contributed by atoms with van der Waals surface area (Å²) >= 11 is 0. The van der Waals surface area contributed by atoms with E-state index < -0.39 is 11.6 Å². The molecule has 0 aromatic heterocycles. The third-order valence-electron chi connectivity index (χ3n) is 4.58. The Bertz CT molecular complexity index is 1090. The molecule has 3 rings (SSSR count). The van der Waals surface area contributed by atoms with Gasteiger partial charge in [-0.15, -0.1) is 0 Å². The number of urea groups is 1. The third-order valence-corrected chi connectivity index (χ3v) is 4.58. The zero-order chi connectivity index (χ0) is 22.2. The Morgan fingerprint density at radius 2 is 1.52 bits per heavy atom. The van der Waals surface area contributed by atoms with Crippen molar-refractivity contribution in [3.8, 4) is 0 Å². The van der Waals surface area contributed by atoms with Gasteiger partial charge >= 0.3 is 6.03 Å². The number of hydrogen-bond donors (Lipinski definition) is 3. The molecule has 3 amide bonds. The van der Waals surface area contributed by atoms with Crippen molar-refractivity contribution in [2.75, 3.05) is 10.6 Å².